The summed E-state index contributed by atoms with van der Waals surface area (Å²) >= 11 is 0. The van der Waals surface area contributed by atoms with Gasteiger partial charge >= 0.3 is 0 Å². The van der Waals surface area contributed by atoms with Gasteiger partial charge in [-0.1, -0.05) is 12.1 Å². The molecule has 2 aromatic heterocycles. The molecule has 1 atom stereocenters. The maximum atomic E-state index is 15.2. The lowest BCUT2D eigenvalue weighted by Gasteiger charge is -2.27. The van der Waals surface area contributed by atoms with Crippen molar-refractivity contribution in [2.45, 2.75) is 30.3 Å². The van der Waals surface area contributed by atoms with E-state index in [0.29, 0.717) is 30.2 Å². The fourth-order valence-electron chi connectivity index (χ4n) is 4.70. The van der Waals surface area contributed by atoms with Crippen LogP contribution in [0.5, 0.6) is 0 Å². The van der Waals surface area contributed by atoms with Crippen LogP contribution in [0, 0.1) is 5.82 Å². The molecule has 2 N–H and O–H groups in total. The van der Waals surface area contributed by atoms with Crippen LogP contribution in [0.15, 0.2) is 53.7 Å². The van der Waals surface area contributed by atoms with E-state index in [4.69, 9.17) is 4.74 Å². The number of sulfone groups is 1. The van der Waals surface area contributed by atoms with Crippen LogP contribution in [0.1, 0.15) is 18.4 Å². The van der Waals surface area contributed by atoms with E-state index >= 15 is 4.39 Å². The number of fused-ring (bicyclic) bond motifs is 2. The molecule has 180 valence electrons. The predicted octanol–water partition coefficient (Wildman–Crippen LogP) is 3.88. The molecule has 11 heteroatoms. The second kappa shape index (κ2) is 8.58. The van der Waals surface area contributed by atoms with Gasteiger partial charge in [-0.05, 0) is 49.1 Å². The van der Waals surface area contributed by atoms with Crippen LogP contribution in [0.3, 0.4) is 0 Å². The fraction of sp³-hybridized carbons (Fsp3) is 0.292. The molecular weight excluding hydrogens is 471 g/mol. The van der Waals surface area contributed by atoms with Crippen molar-refractivity contribution in [2.24, 2.45) is 0 Å². The summed E-state index contributed by atoms with van der Waals surface area (Å²) < 4.78 is 45.7. The Kier molecular flexibility index (Phi) is 5.37. The summed E-state index contributed by atoms with van der Waals surface area (Å²) in [5.74, 6) is -0.208. The van der Waals surface area contributed by atoms with E-state index in [1.165, 1.54) is 0 Å². The highest BCUT2D eigenvalue weighted by Crippen LogP contribution is 2.34. The Morgan fingerprint density at radius 2 is 2.14 bits per heavy atom. The second-order valence-electron chi connectivity index (χ2n) is 8.74. The van der Waals surface area contributed by atoms with Crippen molar-refractivity contribution in [2.75, 3.05) is 29.1 Å². The third-order valence-electron chi connectivity index (χ3n) is 6.44. The van der Waals surface area contributed by atoms with Gasteiger partial charge in [0.25, 0.3) is 0 Å². The van der Waals surface area contributed by atoms with Crippen molar-refractivity contribution >= 4 is 43.9 Å². The number of rotatable bonds is 6. The second-order valence-corrected chi connectivity index (χ2v) is 10.8. The van der Waals surface area contributed by atoms with Crippen LogP contribution < -0.4 is 10.2 Å². The lowest BCUT2D eigenvalue weighted by atomic mass is 10.1. The first-order valence-electron chi connectivity index (χ1n) is 11.4. The monoisotopic (exact) mass is 494 g/mol. The van der Waals surface area contributed by atoms with Crippen LogP contribution in [0.2, 0.25) is 0 Å². The minimum absolute atomic E-state index is 0.0650. The Hall–Kier alpha value is -3.57. The molecule has 1 saturated heterocycles. The number of ether oxygens (including phenoxy) is 1. The van der Waals surface area contributed by atoms with Crippen molar-refractivity contribution in [3.05, 3.63) is 60.2 Å². The molecule has 0 spiro atoms. The van der Waals surface area contributed by atoms with E-state index < -0.39 is 15.7 Å². The molecule has 9 nitrogen and oxygen atoms in total. The molecule has 6 rings (SSSR count). The highest BCUT2D eigenvalue weighted by Gasteiger charge is 2.27. The highest BCUT2D eigenvalue weighted by molar-refractivity contribution is 7.91. The zero-order valence-corrected chi connectivity index (χ0v) is 19.6. The lowest BCUT2D eigenvalue weighted by Crippen LogP contribution is -2.30. The molecule has 0 bridgehead atoms. The summed E-state index contributed by atoms with van der Waals surface area (Å²) in [6, 6.07) is 10.8. The van der Waals surface area contributed by atoms with E-state index in [2.05, 4.69) is 25.5 Å². The molecule has 4 aromatic rings. The van der Waals surface area contributed by atoms with Gasteiger partial charge in [0.2, 0.25) is 5.95 Å². The number of aromatic amines is 1. The minimum Gasteiger partial charge on any atom is -0.376 e. The maximum Gasteiger partial charge on any atom is 0.229 e. The Morgan fingerprint density at radius 1 is 1.23 bits per heavy atom. The average molecular weight is 495 g/mol. The van der Waals surface area contributed by atoms with Crippen molar-refractivity contribution in [1.82, 2.24) is 20.2 Å². The Balaban J connectivity index is 1.39. The molecule has 0 amide bonds. The molecule has 4 heterocycles. The van der Waals surface area contributed by atoms with E-state index in [-0.39, 0.29) is 23.6 Å². The summed E-state index contributed by atoms with van der Waals surface area (Å²) in [5.41, 5.74) is 2.90. The SMILES string of the molecule is O=S1(=O)CCc2ccc(Nc3ncc(F)c(N(CC4CCCO4)c4cccc5[nH]ncc45)n3)cc21. The van der Waals surface area contributed by atoms with Gasteiger partial charge in [-0.2, -0.15) is 10.1 Å². The van der Waals surface area contributed by atoms with Gasteiger partial charge in [-0.3, -0.25) is 5.10 Å². The molecule has 0 saturated carbocycles. The number of hydrogen-bond acceptors (Lipinski definition) is 8. The predicted molar refractivity (Wildman–Crippen MR) is 130 cm³/mol. The van der Waals surface area contributed by atoms with Crippen LogP contribution in [0.4, 0.5) is 27.5 Å². The Bertz CT molecular complexity index is 1520. The zero-order valence-electron chi connectivity index (χ0n) is 18.7. The van der Waals surface area contributed by atoms with Crippen molar-refractivity contribution in [3.8, 4) is 0 Å². The molecule has 1 unspecified atom stereocenters. The summed E-state index contributed by atoms with van der Waals surface area (Å²) in [6.45, 7) is 1.09. The molecule has 1 fully saturated rings. The zero-order chi connectivity index (χ0) is 24.0. The van der Waals surface area contributed by atoms with Gasteiger partial charge in [0.15, 0.2) is 21.5 Å². The standard InChI is InChI=1S/C24H23FN6O3S/c25-19-13-26-24(28-16-7-6-15-8-10-35(32,33)22(15)11-16)29-23(19)31(14-17-3-2-9-34-17)21-5-1-4-20-18(21)12-27-30-20/h1,4-7,11-13,17H,2-3,8-10,14H2,(H,27,30)(H,26,28,29). The lowest BCUT2D eigenvalue weighted by molar-refractivity contribution is 0.117. The quantitative estimate of drug-likeness (QED) is 0.415. The number of aromatic nitrogens is 4. The first kappa shape index (κ1) is 21.9. The topological polar surface area (TPSA) is 113 Å². The normalized spacial score (nSPS) is 18.6. The van der Waals surface area contributed by atoms with Crippen molar-refractivity contribution in [1.29, 1.82) is 0 Å². The van der Waals surface area contributed by atoms with Gasteiger partial charge in [-0.25, -0.2) is 17.8 Å². The number of H-pyrrole nitrogens is 1. The van der Waals surface area contributed by atoms with E-state index in [0.717, 1.165) is 41.2 Å². The molecule has 2 aliphatic heterocycles. The van der Waals surface area contributed by atoms with Crippen molar-refractivity contribution in [3.63, 3.8) is 0 Å². The van der Waals surface area contributed by atoms with E-state index in [9.17, 15) is 8.42 Å². The van der Waals surface area contributed by atoms with Crippen LogP contribution in [-0.4, -0.2) is 53.6 Å². The van der Waals surface area contributed by atoms with Crippen LogP contribution in [-0.2, 0) is 21.0 Å². The molecule has 0 radical (unpaired) electrons. The van der Waals surface area contributed by atoms with Gasteiger partial charge < -0.3 is 15.0 Å². The molecule has 2 aromatic carbocycles. The van der Waals surface area contributed by atoms with E-state index in [1.807, 2.05) is 18.2 Å². The maximum absolute atomic E-state index is 15.2. The van der Waals surface area contributed by atoms with Gasteiger partial charge in [-0.15, -0.1) is 0 Å². The molecule has 35 heavy (non-hydrogen) atoms. The van der Waals surface area contributed by atoms with Gasteiger partial charge in [0, 0.05) is 17.7 Å². The summed E-state index contributed by atoms with van der Waals surface area (Å²) in [4.78, 5) is 10.7. The third-order valence-corrected chi connectivity index (χ3v) is 8.23. The van der Waals surface area contributed by atoms with Crippen LogP contribution in [0.25, 0.3) is 10.9 Å². The van der Waals surface area contributed by atoms with Crippen LogP contribution >= 0.6 is 0 Å². The third kappa shape index (κ3) is 4.10. The number of anilines is 4. The molecule has 2 aliphatic rings. The molecular formula is C24H23FN6O3S. The largest absolute Gasteiger partial charge is 0.376 e. The number of nitrogens with one attached hydrogen (secondary N) is 2. The Labute approximate surface area is 201 Å². The summed E-state index contributed by atoms with van der Waals surface area (Å²) in [5, 5.41) is 11.0. The molecule has 0 aliphatic carbocycles. The van der Waals surface area contributed by atoms with Gasteiger partial charge in [0.05, 0.1) is 46.9 Å². The first-order chi connectivity index (χ1) is 17.0. The van der Waals surface area contributed by atoms with Gasteiger partial charge in [0.1, 0.15) is 0 Å². The number of aryl methyl sites for hydroxylation is 1. The number of benzene rings is 2. The van der Waals surface area contributed by atoms with Crippen molar-refractivity contribution < 1.29 is 17.5 Å². The average Bonchev–Trinajstić information content (AvgIpc) is 3.60. The number of hydrogen-bond donors (Lipinski definition) is 2. The Morgan fingerprint density at radius 3 is 3.00 bits per heavy atom. The fourth-order valence-corrected chi connectivity index (χ4v) is 6.28. The smallest absolute Gasteiger partial charge is 0.229 e. The summed E-state index contributed by atoms with van der Waals surface area (Å²) in [7, 11) is -3.29. The highest BCUT2D eigenvalue weighted by atomic mass is 32.2. The van der Waals surface area contributed by atoms with E-state index in [1.54, 1.807) is 29.3 Å². The number of halogens is 1. The number of nitrogens with zero attached hydrogens (tertiary/aromatic N) is 4. The first-order valence-corrected chi connectivity index (χ1v) is 13.1. The minimum atomic E-state index is -3.29. The summed E-state index contributed by atoms with van der Waals surface area (Å²) in [6.07, 6.45) is 5.09.